The molecular weight excluding hydrogens is 496 g/mol. The van der Waals surface area contributed by atoms with Crippen LogP contribution in [0.1, 0.15) is 25.7 Å². The van der Waals surface area contributed by atoms with E-state index in [9.17, 15) is 13.2 Å². The summed E-state index contributed by atoms with van der Waals surface area (Å²) in [6.45, 7) is 1.27. The Labute approximate surface area is 215 Å². The Balaban J connectivity index is 1.63. The molecule has 0 radical (unpaired) electrons. The summed E-state index contributed by atoms with van der Waals surface area (Å²) in [5.41, 5.74) is 6.60. The van der Waals surface area contributed by atoms with Gasteiger partial charge in [-0.2, -0.15) is 8.42 Å². The molecule has 0 aliphatic carbocycles. The van der Waals surface area contributed by atoms with Crippen molar-refractivity contribution in [3.63, 3.8) is 0 Å². The Morgan fingerprint density at radius 3 is 2.38 bits per heavy atom. The standard InChI is InChI=1S/C25H32N6O5S/c1-29-16-24(27-17-29)37(33,34)28-20-14-21-22(31(3)25(32)30(21)2)15-23(20)36-19-10-8-9-18(13-19)35-12-7-5-4-6-11-26/h8-10,13-17,28H,4-7,11-12,26H2,1-3H3. The van der Waals surface area contributed by atoms with Crippen LogP contribution in [0.4, 0.5) is 5.69 Å². The molecule has 0 bridgehead atoms. The minimum atomic E-state index is -4.01. The van der Waals surface area contributed by atoms with Gasteiger partial charge in [0, 0.05) is 39.5 Å². The fourth-order valence-electron chi connectivity index (χ4n) is 3.96. The highest BCUT2D eigenvalue weighted by atomic mass is 32.2. The lowest BCUT2D eigenvalue weighted by atomic mass is 10.2. The average molecular weight is 529 g/mol. The first-order chi connectivity index (χ1) is 17.7. The summed E-state index contributed by atoms with van der Waals surface area (Å²) < 4.78 is 45.1. The average Bonchev–Trinajstić information content (AvgIpc) is 3.40. The van der Waals surface area contributed by atoms with Crippen molar-refractivity contribution in [2.24, 2.45) is 26.9 Å². The van der Waals surface area contributed by atoms with Gasteiger partial charge in [-0.05, 0) is 37.6 Å². The zero-order valence-corrected chi connectivity index (χ0v) is 22.0. The van der Waals surface area contributed by atoms with E-state index >= 15 is 0 Å². The summed E-state index contributed by atoms with van der Waals surface area (Å²) in [4.78, 5) is 16.5. The number of sulfonamides is 1. The quantitative estimate of drug-likeness (QED) is 0.270. The molecule has 0 amide bonds. The number of ether oxygens (including phenoxy) is 2. The predicted octanol–water partition coefficient (Wildman–Crippen LogP) is 3.10. The number of imidazole rings is 2. The number of hydrogen-bond donors (Lipinski definition) is 2. The van der Waals surface area contributed by atoms with E-state index in [0.29, 0.717) is 35.7 Å². The third-order valence-electron chi connectivity index (χ3n) is 5.97. The smallest absolute Gasteiger partial charge is 0.328 e. The van der Waals surface area contributed by atoms with E-state index in [1.165, 1.54) is 21.7 Å². The van der Waals surface area contributed by atoms with Gasteiger partial charge in [0.2, 0.25) is 0 Å². The fraction of sp³-hybridized carbons (Fsp3) is 0.360. The molecule has 2 heterocycles. The molecule has 4 aromatic rings. The second kappa shape index (κ2) is 11.1. The van der Waals surface area contributed by atoms with Gasteiger partial charge in [0.25, 0.3) is 10.0 Å². The second-order valence-corrected chi connectivity index (χ2v) is 10.5. The number of rotatable bonds is 12. The molecule has 0 saturated carbocycles. The summed E-state index contributed by atoms with van der Waals surface area (Å²) >= 11 is 0. The van der Waals surface area contributed by atoms with Gasteiger partial charge in [0.15, 0.2) is 10.8 Å². The number of fused-ring (bicyclic) bond motifs is 1. The topological polar surface area (TPSA) is 135 Å². The van der Waals surface area contributed by atoms with Crippen LogP contribution >= 0.6 is 0 Å². The molecule has 0 aliphatic heterocycles. The van der Waals surface area contributed by atoms with Crippen LogP contribution in [0.5, 0.6) is 17.2 Å². The Bertz CT molecular complexity index is 1550. The van der Waals surface area contributed by atoms with Crippen molar-refractivity contribution in [2.75, 3.05) is 17.9 Å². The zero-order valence-electron chi connectivity index (χ0n) is 21.2. The van der Waals surface area contributed by atoms with Gasteiger partial charge in [-0.1, -0.05) is 18.9 Å². The van der Waals surface area contributed by atoms with Crippen LogP contribution in [0.3, 0.4) is 0 Å². The van der Waals surface area contributed by atoms with Crippen molar-refractivity contribution in [3.8, 4) is 17.2 Å². The van der Waals surface area contributed by atoms with Crippen LogP contribution in [0.2, 0.25) is 0 Å². The predicted molar refractivity (Wildman–Crippen MR) is 142 cm³/mol. The summed E-state index contributed by atoms with van der Waals surface area (Å²) in [5, 5.41) is -0.134. The van der Waals surface area contributed by atoms with Gasteiger partial charge in [0.1, 0.15) is 11.5 Å². The lowest BCUT2D eigenvalue weighted by molar-refractivity contribution is 0.303. The molecule has 0 aliphatic rings. The highest BCUT2D eigenvalue weighted by molar-refractivity contribution is 7.92. The maximum Gasteiger partial charge on any atom is 0.328 e. The number of benzene rings is 2. The van der Waals surface area contributed by atoms with Crippen LogP contribution in [0.15, 0.2) is 58.7 Å². The summed E-state index contributed by atoms with van der Waals surface area (Å²) in [6, 6.07) is 10.3. The maximum atomic E-state index is 13.0. The lowest BCUT2D eigenvalue weighted by Gasteiger charge is -2.14. The van der Waals surface area contributed by atoms with E-state index in [4.69, 9.17) is 15.2 Å². The fourth-order valence-corrected chi connectivity index (χ4v) is 5.00. The molecule has 37 heavy (non-hydrogen) atoms. The first kappa shape index (κ1) is 26.3. The summed E-state index contributed by atoms with van der Waals surface area (Å²) in [6.07, 6.45) is 6.85. The van der Waals surface area contributed by atoms with Crippen LogP contribution in [0.25, 0.3) is 11.0 Å². The van der Waals surface area contributed by atoms with Crippen molar-refractivity contribution in [1.82, 2.24) is 18.7 Å². The lowest BCUT2D eigenvalue weighted by Crippen LogP contribution is -2.19. The van der Waals surface area contributed by atoms with E-state index in [1.54, 1.807) is 56.0 Å². The van der Waals surface area contributed by atoms with Crippen LogP contribution in [0, 0.1) is 0 Å². The van der Waals surface area contributed by atoms with E-state index in [-0.39, 0.29) is 22.2 Å². The van der Waals surface area contributed by atoms with Crippen LogP contribution in [-0.4, -0.2) is 40.3 Å². The Morgan fingerprint density at radius 2 is 1.68 bits per heavy atom. The van der Waals surface area contributed by atoms with Crippen molar-refractivity contribution in [3.05, 3.63) is 59.4 Å². The van der Waals surface area contributed by atoms with Crippen molar-refractivity contribution in [1.29, 1.82) is 0 Å². The minimum Gasteiger partial charge on any atom is -0.493 e. The van der Waals surface area contributed by atoms with E-state index in [2.05, 4.69) is 9.71 Å². The number of nitrogens with zero attached hydrogens (tertiary/aromatic N) is 4. The highest BCUT2D eigenvalue weighted by Crippen LogP contribution is 2.35. The first-order valence-corrected chi connectivity index (χ1v) is 13.5. The molecule has 2 aromatic heterocycles. The Morgan fingerprint density at radius 1 is 0.973 bits per heavy atom. The third kappa shape index (κ3) is 5.97. The van der Waals surface area contributed by atoms with Gasteiger partial charge in [0.05, 0.1) is 29.7 Å². The van der Waals surface area contributed by atoms with Crippen molar-refractivity contribution < 1.29 is 17.9 Å². The molecule has 0 unspecified atom stereocenters. The molecule has 11 nitrogen and oxygen atoms in total. The summed E-state index contributed by atoms with van der Waals surface area (Å²) in [7, 11) is 0.943. The number of aromatic nitrogens is 4. The number of unbranched alkanes of at least 4 members (excludes halogenated alkanes) is 3. The van der Waals surface area contributed by atoms with Gasteiger partial charge in [-0.15, -0.1) is 0 Å². The molecule has 12 heteroatoms. The number of nitrogens with two attached hydrogens (primary N) is 1. The molecule has 0 atom stereocenters. The molecule has 0 saturated heterocycles. The van der Waals surface area contributed by atoms with Crippen LogP contribution in [-0.2, 0) is 31.2 Å². The first-order valence-electron chi connectivity index (χ1n) is 12.0. The van der Waals surface area contributed by atoms with Gasteiger partial charge in [-0.3, -0.25) is 13.9 Å². The molecule has 0 spiro atoms. The van der Waals surface area contributed by atoms with Crippen LogP contribution < -0.4 is 25.6 Å². The molecule has 0 fully saturated rings. The van der Waals surface area contributed by atoms with E-state index in [1.807, 2.05) is 6.07 Å². The third-order valence-corrected chi connectivity index (χ3v) is 7.22. The second-order valence-electron chi connectivity index (χ2n) is 8.85. The largest absolute Gasteiger partial charge is 0.493 e. The monoisotopic (exact) mass is 528 g/mol. The molecule has 3 N–H and O–H groups in total. The minimum absolute atomic E-state index is 0.134. The number of anilines is 1. The number of hydrogen-bond acceptors (Lipinski definition) is 7. The van der Waals surface area contributed by atoms with Crippen molar-refractivity contribution >= 4 is 26.7 Å². The number of nitrogens with one attached hydrogen (secondary N) is 1. The molecule has 4 rings (SSSR count). The Kier molecular flexibility index (Phi) is 7.89. The van der Waals surface area contributed by atoms with Gasteiger partial charge >= 0.3 is 5.69 Å². The number of aryl methyl sites for hydroxylation is 3. The normalized spacial score (nSPS) is 11.7. The molecule has 2 aromatic carbocycles. The van der Waals surface area contributed by atoms with E-state index < -0.39 is 10.0 Å². The van der Waals surface area contributed by atoms with Crippen molar-refractivity contribution in [2.45, 2.75) is 30.7 Å². The SMILES string of the molecule is Cn1cnc(S(=O)(=O)Nc2cc3c(cc2Oc2cccc(OCCCCCCN)c2)n(C)c(=O)n3C)c1. The van der Waals surface area contributed by atoms with Gasteiger partial charge in [-0.25, -0.2) is 9.78 Å². The zero-order chi connectivity index (χ0) is 26.6. The molecular formula is C25H32N6O5S. The summed E-state index contributed by atoms with van der Waals surface area (Å²) in [5.74, 6) is 1.33. The maximum absolute atomic E-state index is 13.0. The Hall–Kier alpha value is -3.77. The molecule has 198 valence electrons. The highest BCUT2D eigenvalue weighted by Gasteiger charge is 2.22. The van der Waals surface area contributed by atoms with Gasteiger partial charge < -0.3 is 19.8 Å². The van der Waals surface area contributed by atoms with E-state index in [0.717, 1.165) is 25.7 Å².